The normalized spacial score (nSPS) is 26.5. The maximum atomic E-state index is 12.6. The number of likely N-dealkylation sites (tertiary alicyclic amines) is 1. The molecule has 0 aromatic carbocycles. The fraction of sp³-hybridized carbons (Fsp3) is 0.684. The standard InChI is InChI=1S/C19H30N4O/c1-16-11-17(2)13-23(12-16)19(24)15-22-9-7-21(8-10-22)14-18-5-3-4-6-20-18/h3-6,16-17H,7-15H2,1-2H3. The first-order valence-electron chi connectivity index (χ1n) is 9.22. The third-order valence-corrected chi connectivity index (χ3v) is 5.16. The molecule has 24 heavy (non-hydrogen) atoms. The van der Waals surface area contributed by atoms with Gasteiger partial charge < -0.3 is 4.90 Å². The molecule has 2 atom stereocenters. The average Bonchev–Trinajstić information content (AvgIpc) is 2.57. The first-order valence-corrected chi connectivity index (χ1v) is 9.22. The number of rotatable bonds is 4. The minimum absolute atomic E-state index is 0.312. The van der Waals surface area contributed by atoms with Gasteiger partial charge in [0.1, 0.15) is 0 Å². The Labute approximate surface area is 145 Å². The number of hydrogen-bond acceptors (Lipinski definition) is 4. The van der Waals surface area contributed by atoms with E-state index in [2.05, 4.69) is 39.6 Å². The SMILES string of the molecule is CC1CC(C)CN(C(=O)CN2CCN(Cc3ccccn3)CC2)C1. The van der Waals surface area contributed by atoms with Gasteiger partial charge in [-0.2, -0.15) is 0 Å². The highest BCUT2D eigenvalue weighted by atomic mass is 16.2. The first kappa shape index (κ1) is 17.4. The van der Waals surface area contributed by atoms with Crippen molar-refractivity contribution in [2.75, 3.05) is 45.8 Å². The van der Waals surface area contributed by atoms with E-state index in [1.54, 1.807) is 0 Å². The molecule has 0 bridgehead atoms. The lowest BCUT2D eigenvalue weighted by molar-refractivity contribution is -0.135. The summed E-state index contributed by atoms with van der Waals surface area (Å²) >= 11 is 0. The van der Waals surface area contributed by atoms with Crippen LogP contribution >= 0.6 is 0 Å². The van der Waals surface area contributed by atoms with E-state index < -0.39 is 0 Å². The number of carbonyl (C=O) groups is 1. The van der Waals surface area contributed by atoms with E-state index in [-0.39, 0.29) is 0 Å². The third-order valence-electron chi connectivity index (χ3n) is 5.16. The van der Waals surface area contributed by atoms with Gasteiger partial charge in [-0.3, -0.25) is 19.6 Å². The van der Waals surface area contributed by atoms with Crippen molar-refractivity contribution in [1.82, 2.24) is 19.7 Å². The number of piperidine rings is 1. The second kappa shape index (κ2) is 8.08. The Morgan fingerprint density at radius 2 is 1.75 bits per heavy atom. The highest BCUT2D eigenvalue weighted by Gasteiger charge is 2.27. The molecule has 0 N–H and O–H groups in total. The Hall–Kier alpha value is -1.46. The van der Waals surface area contributed by atoms with Crippen LogP contribution in [0.1, 0.15) is 26.0 Å². The molecular formula is C19H30N4O. The van der Waals surface area contributed by atoms with E-state index in [0.29, 0.717) is 24.3 Å². The van der Waals surface area contributed by atoms with E-state index in [9.17, 15) is 4.79 Å². The van der Waals surface area contributed by atoms with Crippen LogP contribution in [0.2, 0.25) is 0 Å². The number of nitrogens with zero attached hydrogens (tertiary/aromatic N) is 4. The topological polar surface area (TPSA) is 39.7 Å². The number of hydrogen-bond donors (Lipinski definition) is 0. The molecule has 1 aromatic rings. The molecule has 0 spiro atoms. The molecule has 5 heteroatoms. The van der Waals surface area contributed by atoms with Crippen LogP contribution in [-0.2, 0) is 11.3 Å². The van der Waals surface area contributed by atoms with Gasteiger partial charge in [0.15, 0.2) is 0 Å². The Kier molecular flexibility index (Phi) is 5.85. The monoisotopic (exact) mass is 330 g/mol. The van der Waals surface area contributed by atoms with Gasteiger partial charge in [0.2, 0.25) is 5.91 Å². The molecule has 3 heterocycles. The number of amides is 1. The lowest BCUT2D eigenvalue weighted by Gasteiger charge is -2.38. The maximum absolute atomic E-state index is 12.6. The van der Waals surface area contributed by atoms with Gasteiger partial charge in [-0.05, 0) is 30.4 Å². The van der Waals surface area contributed by atoms with E-state index in [1.165, 1.54) is 6.42 Å². The van der Waals surface area contributed by atoms with Crippen molar-refractivity contribution >= 4 is 5.91 Å². The summed E-state index contributed by atoms with van der Waals surface area (Å²) in [4.78, 5) is 23.8. The minimum Gasteiger partial charge on any atom is -0.341 e. The lowest BCUT2D eigenvalue weighted by atomic mass is 9.92. The minimum atomic E-state index is 0.312. The van der Waals surface area contributed by atoms with E-state index in [0.717, 1.165) is 51.5 Å². The van der Waals surface area contributed by atoms with Crippen LogP contribution in [0.25, 0.3) is 0 Å². The van der Waals surface area contributed by atoms with Crippen molar-refractivity contribution < 1.29 is 4.79 Å². The molecular weight excluding hydrogens is 300 g/mol. The fourth-order valence-corrected chi connectivity index (χ4v) is 3.98. The van der Waals surface area contributed by atoms with Crippen LogP contribution in [0, 0.1) is 11.8 Å². The van der Waals surface area contributed by atoms with Gasteiger partial charge in [-0.1, -0.05) is 19.9 Å². The summed E-state index contributed by atoms with van der Waals surface area (Å²) in [6.45, 7) is 11.8. The summed E-state index contributed by atoms with van der Waals surface area (Å²) < 4.78 is 0. The smallest absolute Gasteiger partial charge is 0.236 e. The lowest BCUT2D eigenvalue weighted by Crippen LogP contribution is -2.51. The average molecular weight is 330 g/mol. The third kappa shape index (κ3) is 4.77. The highest BCUT2D eigenvalue weighted by molar-refractivity contribution is 5.78. The summed E-state index contributed by atoms with van der Waals surface area (Å²) in [5.41, 5.74) is 1.12. The van der Waals surface area contributed by atoms with Crippen molar-refractivity contribution in [1.29, 1.82) is 0 Å². The highest BCUT2D eigenvalue weighted by Crippen LogP contribution is 2.21. The van der Waals surface area contributed by atoms with E-state index in [1.807, 2.05) is 18.3 Å². The molecule has 5 nitrogen and oxygen atoms in total. The Bertz CT molecular complexity index is 517. The molecule has 1 aromatic heterocycles. The summed E-state index contributed by atoms with van der Waals surface area (Å²) in [6.07, 6.45) is 3.10. The zero-order valence-corrected chi connectivity index (χ0v) is 15.0. The molecule has 2 unspecified atom stereocenters. The van der Waals surface area contributed by atoms with Crippen LogP contribution in [0.3, 0.4) is 0 Å². The van der Waals surface area contributed by atoms with E-state index >= 15 is 0 Å². The van der Waals surface area contributed by atoms with Gasteiger partial charge in [0.05, 0.1) is 12.2 Å². The van der Waals surface area contributed by atoms with Crippen LogP contribution in [0.4, 0.5) is 0 Å². The van der Waals surface area contributed by atoms with Crippen molar-refractivity contribution in [3.05, 3.63) is 30.1 Å². The van der Waals surface area contributed by atoms with Crippen molar-refractivity contribution in [3.8, 4) is 0 Å². The Morgan fingerprint density at radius 1 is 1.08 bits per heavy atom. The predicted molar refractivity (Wildman–Crippen MR) is 95.5 cm³/mol. The molecule has 0 radical (unpaired) electrons. The molecule has 0 aliphatic carbocycles. The first-order chi connectivity index (χ1) is 11.6. The fourth-order valence-electron chi connectivity index (χ4n) is 3.98. The predicted octanol–water partition coefficient (Wildman–Crippen LogP) is 1.70. The van der Waals surface area contributed by atoms with Crippen LogP contribution in [0.5, 0.6) is 0 Å². The molecule has 2 aliphatic heterocycles. The zero-order chi connectivity index (χ0) is 16.9. The van der Waals surface area contributed by atoms with Crippen LogP contribution in [-0.4, -0.2) is 71.4 Å². The second-order valence-corrected chi connectivity index (χ2v) is 7.62. The molecule has 0 saturated carbocycles. The molecule has 2 fully saturated rings. The van der Waals surface area contributed by atoms with Crippen molar-refractivity contribution in [3.63, 3.8) is 0 Å². The van der Waals surface area contributed by atoms with Gasteiger partial charge >= 0.3 is 0 Å². The molecule has 3 rings (SSSR count). The number of piperazine rings is 1. The quantitative estimate of drug-likeness (QED) is 0.842. The molecule has 1 amide bonds. The van der Waals surface area contributed by atoms with Gasteiger partial charge in [0, 0.05) is 52.0 Å². The summed E-state index contributed by atoms with van der Waals surface area (Å²) in [5, 5.41) is 0. The van der Waals surface area contributed by atoms with Crippen LogP contribution < -0.4 is 0 Å². The van der Waals surface area contributed by atoms with Crippen molar-refractivity contribution in [2.45, 2.75) is 26.8 Å². The van der Waals surface area contributed by atoms with Crippen molar-refractivity contribution in [2.24, 2.45) is 11.8 Å². The summed E-state index contributed by atoms with van der Waals surface area (Å²) in [5.74, 6) is 1.58. The molecule has 2 aliphatic rings. The Balaban J connectivity index is 1.42. The molecule has 2 saturated heterocycles. The number of carbonyl (C=O) groups excluding carboxylic acids is 1. The second-order valence-electron chi connectivity index (χ2n) is 7.62. The molecule has 132 valence electrons. The van der Waals surface area contributed by atoms with Gasteiger partial charge in [-0.25, -0.2) is 0 Å². The largest absolute Gasteiger partial charge is 0.341 e. The summed E-state index contributed by atoms with van der Waals surface area (Å²) in [7, 11) is 0. The van der Waals surface area contributed by atoms with E-state index in [4.69, 9.17) is 0 Å². The number of aromatic nitrogens is 1. The Morgan fingerprint density at radius 3 is 2.38 bits per heavy atom. The zero-order valence-electron chi connectivity index (χ0n) is 15.0. The number of pyridine rings is 1. The summed E-state index contributed by atoms with van der Waals surface area (Å²) in [6, 6.07) is 6.07. The van der Waals surface area contributed by atoms with Gasteiger partial charge in [-0.15, -0.1) is 0 Å². The van der Waals surface area contributed by atoms with Crippen LogP contribution in [0.15, 0.2) is 24.4 Å². The maximum Gasteiger partial charge on any atom is 0.236 e. The van der Waals surface area contributed by atoms with Gasteiger partial charge in [0.25, 0.3) is 0 Å².